The molecule has 1 aromatic heterocycles. The van der Waals surface area contributed by atoms with Gasteiger partial charge in [0.2, 0.25) is 0 Å². The molecule has 4 heteroatoms. The molecule has 2 rings (SSSR count). The van der Waals surface area contributed by atoms with E-state index >= 15 is 0 Å². The Morgan fingerprint density at radius 2 is 2.15 bits per heavy atom. The third-order valence-corrected chi connectivity index (χ3v) is 4.25. The summed E-state index contributed by atoms with van der Waals surface area (Å²) in [6.07, 6.45) is 0. The van der Waals surface area contributed by atoms with Crippen LogP contribution in [0.15, 0.2) is 24.3 Å². The van der Waals surface area contributed by atoms with Crippen LogP contribution in [0.3, 0.4) is 0 Å². The highest BCUT2D eigenvalue weighted by molar-refractivity contribution is 7.15. The molecule has 0 saturated carbocycles. The predicted octanol–water partition coefficient (Wildman–Crippen LogP) is 4.05. The number of methoxy groups -OCH3 is 1. The lowest BCUT2D eigenvalue weighted by Gasteiger charge is -2.04. The van der Waals surface area contributed by atoms with Gasteiger partial charge in [-0.1, -0.05) is 32.9 Å². The summed E-state index contributed by atoms with van der Waals surface area (Å²) in [6.45, 7) is 8.38. The molecule has 0 spiro atoms. The van der Waals surface area contributed by atoms with Crippen LogP contribution in [-0.4, -0.2) is 18.6 Å². The van der Waals surface area contributed by atoms with Crippen molar-refractivity contribution in [3.8, 4) is 16.3 Å². The maximum Gasteiger partial charge on any atom is 0.124 e. The van der Waals surface area contributed by atoms with E-state index < -0.39 is 0 Å². The molecule has 2 aromatic rings. The Kier molecular flexibility index (Phi) is 5.15. The number of benzene rings is 1. The van der Waals surface area contributed by atoms with E-state index in [2.05, 4.69) is 32.2 Å². The maximum atomic E-state index is 5.29. The fraction of sp³-hybridized carbons (Fsp3) is 0.438. The van der Waals surface area contributed by atoms with Crippen molar-refractivity contribution in [2.45, 2.75) is 33.2 Å². The number of ether oxygens (including phenoxy) is 1. The lowest BCUT2D eigenvalue weighted by molar-refractivity contribution is 0.415. The van der Waals surface area contributed by atoms with Crippen LogP contribution in [0.1, 0.15) is 37.3 Å². The molecular formula is C16H22N2OS. The number of nitrogens with zero attached hydrogens (tertiary/aromatic N) is 1. The topological polar surface area (TPSA) is 34.1 Å². The first-order chi connectivity index (χ1) is 9.65. The maximum absolute atomic E-state index is 5.29. The molecule has 0 radical (unpaired) electrons. The van der Waals surface area contributed by atoms with Crippen LogP contribution in [0.2, 0.25) is 0 Å². The number of nitrogens with one attached hydrogen (secondary N) is 1. The van der Waals surface area contributed by atoms with Crippen LogP contribution in [0.5, 0.6) is 5.75 Å². The summed E-state index contributed by atoms with van der Waals surface area (Å²) in [7, 11) is 1.69. The van der Waals surface area contributed by atoms with Gasteiger partial charge in [0.1, 0.15) is 10.8 Å². The Bertz CT molecular complexity index is 563. The molecule has 0 aliphatic rings. The molecule has 3 nitrogen and oxygen atoms in total. The number of aromatic nitrogens is 1. The molecule has 0 unspecified atom stereocenters. The zero-order valence-electron chi connectivity index (χ0n) is 12.6. The highest BCUT2D eigenvalue weighted by Gasteiger charge is 2.15. The summed E-state index contributed by atoms with van der Waals surface area (Å²) < 4.78 is 5.29. The van der Waals surface area contributed by atoms with E-state index in [1.807, 2.05) is 18.2 Å². The molecule has 0 aliphatic carbocycles. The molecule has 0 saturated heterocycles. The van der Waals surface area contributed by atoms with E-state index in [0.29, 0.717) is 5.92 Å². The molecule has 1 heterocycles. The number of thiazole rings is 1. The monoisotopic (exact) mass is 290 g/mol. The third-order valence-electron chi connectivity index (χ3n) is 3.13. The fourth-order valence-corrected chi connectivity index (χ4v) is 3.24. The number of hydrogen-bond acceptors (Lipinski definition) is 4. The first-order valence-electron chi connectivity index (χ1n) is 7.00. The van der Waals surface area contributed by atoms with Gasteiger partial charge >= 0.3 is 0 Å². The summed E-state index contributed by atoms with van der Waals surface area (Å²) in [5.74, 6) is 1.32. The van der Waals surface area contributed by atoms with Crippen molar-refractivity contribution in [3.63, 3.8) is 0 Å². The Labute approximate surface area is 125 Å². The minimum absolute atomic E-state index is 0.444. The van der Waals surface area contributed by atoms with Gasteiger partial charge in [-0.3, -0.25) is 0 Å². The van der Waals surface area contributed by atoms with Gasteiger partial charge in [0, 0.05) is 17.0 Å². The molecular weight excluding hydrogens is 268 g/mol. The molecule has 20 heavy (non-hydrogen) atoms. The molecule has 1 aromatic carbocycles. The average molecular weight is 290 g/mol. The number of rotatable bonds is 6. The van der Waals surface area contributed by atoms with Gasteiger partial charge in [-0.2, -0.15) is 0 Å². The van der Waals surface area contributed by atoms with Gasteiger partial charge in [0.25, 0.3) is 0 Å². The van der Waals surface area contributed by atoms with Gasteiger partial charge in [0.05, 0.1) is 12.8 Å². The van der Waals surface area contributed by atoms with E-state index in [1.54, 1.807) is 18.4 Å². The highest BCUT2D eigenvalue weighted by Crippen LogP contribution is 2.33. The smallest absolute Gasteiger partial charge is 0.124 e. The second kappa shape index (κ2) is 6.86. The van der Waals surface area contributed by atoms with Gasteiger partial charge in [-0.25, -0.2) is 4.98 Å². The first kappa shape index (κ1) is 15.0. The lowest BCUT2D eigenvalue weighted by atomic mass is 10.1. The predicted molar refractivity (Wildman–Crippen MR) is 85.6 cm³/mol. The molecule has 0 bridgehead atoms. The van der Waals surface area contributed by atoms with E-state index in [1.165, 1.54) is 10.6 Å². The van der Waals surface area contributed by atoms with Gasteiger partial charge < -0.3 is 10.1 Å². The molecule has 108 valence electrons. The van der Waals surface area contributed by atoms with Crippen molar-refractivity contribution in [1.29, 1.82) is 0 Å². The van der Waals surface area contributed by atoms with E-state index in [9.17, 15) is 0 Å². The summed E-state index contributed by atoms with van der Waals surface area (Å²) in [4.78, 5) is 6.16. The van der Waals surface area contributed by atoms with Gasteiger partial charge in [-0.15, -0.1) is 11.3 Å². The molecule has 1 N–H and O–H groups in total. The molecule has 0 atom stereocenters. The average Bonchev–Trinajstić information content (AvgIpc) is 2.89. The van der Waals surface area contributed by atoms with E-state index in [-0.39, 0.29) is 0 Å². The molecule has 0 aliphatic heterocycles. The van der Waals surface area contributed by atoms with Crippen LogP contribution in [0.4, 0.5) is 0 Å². The van der Waals surface area contributed by atoms with Crippen molar-refractivity contribution >= 4 is 11.3 Å². The zero-order chi connectivity index (χ0) is 14.5. The van der Waals surface area contributed by atoms with Crippen molar-refractivity contribution < 1.29 is 4.74 Å². The molecule has 0 fully saturated rings. The largest absolute Gasteiger partial charge is 0.497 e. The summed E-state index contributed by atoms with van der Waals surface area (Å²) in [6, 6.07) is 8.09. The van der Waals surface area contributed by atoms with Gasteiger partial charge in [-0.05, 0) is 24.6 Å². The Balaban J connectivity index is 2.36. The standard InChI is InChI=1S/C16H22N2OS/c1-5-17-10-14-15(11(2)3)18-16(20-14)12-7-6-8-13(9-12)19-4/h6-9,11,17H,5,10H2,1-4H3. The van der Waals surface area contributed by atoms with Crippen molar-refractivity contribution in [2.75, 3.05) is 13.7 Å². The van der Waals surface area contributed by atoms with Crippen LogP contribution < -0.4 is 10.1 Å². The second-order valence-electron chi connectivity index (χ2n) is 4.99. The van der Waals surface area contributed by atoms with Crippen LogP contribution in [0, 0.1) is 0 Å². The van der Waals surface area contributed by atoms with Crippen LogP contribution >= 0.6 is 11.3 Å². The Morgan fingerprint density at radius 3 is 2.80 bits per heavy atom. The summed E-state index contributed by atoms with van der Waals surface area (Å²) >= 11 is 1.77. The van der Waals surface area contributed by atoms with Crippen LogP contribution in [-0.2, 0) is 6.54 Å². The molecule has 0 amide bonds. The Morgan fingerprint density at radius 1 is 1.35 bits per heavy atom. The van der Waals surface area contributed by atoms with Crippen molar-refractivity contribution in [3.05, 3.63) is 34.8 Å². The zero-order valence-corrected chi connectivity index (χ0v) is 13.4. The van der Waals surface area contributed by atoms with Gasteiger partial charge in [0.15, 0.2) is 0 Å². The number of hydrogen-bond donors (Lipinski definition) is 1. The van der Waals surface area contributed by atoms with Crippen molar-refractivity contribution in [1.82, 2.24) is 10.3 Å². The minimum Gasteiger partial charge on any atom is -0.497 e. The summed E-state index contributed by atoms with van der Waals surface area (Å²) in [5, 5.41) is 4.46. The fourth-order valence-electron chi connectivity index (χ4n) is 2.06. The normalized spacial score (nSPS) is 11.1. The SMILES string of the molecule is CCNCc1sc(-c2cccc(OC)c2)nc1C(C)C. The summed E-state index contributed by atoms with van der Waals surface area (Å²) in [5.41, 5.74) is 2.33. The highest BCUT2D eigenvalue weighted by atomic mass is 32.1. The van der Waals surface area contributed by atoms with E-state index in [0.717, 1.165) is 29.4 Å². The van der Waals surface area contributed by atoms with E-state index in [4.69, 9.17) is 9.72 Å². The van der Waals surface area contributed by atoms with Crippen LogP contribution in [0.25, 0.3) is 10.6 Å². The minimum atomic E-state index is 0.444. The lowest BCUT2D eigenvalue weighted by Crippen LogP contribution is -2.12. The second-order valence-corrected chi connectivity index (χ2v) is 6.08. The third kappa shape index (κ3) is 3.38. The first-order valence-corrected chi connectivity index (χ1v) is 7.82. The Hall–Kier alpha value is -1.39. The van der Waals surface area contributed by atoms with Crippen molar-refractivity contribution in [2.24, 2.45) is 0 Å². The quantitative estimate of drug-likeness (QED) is 0.871.